The number of aromatic hydroxyl groups is 1. The van der Waals surface area contributed by atoms with Crippen molar-refractivity contribution < 1.29 is 9.90 Å². The number of aryl methyl sites for hydroxylation is 2. The van der Waals surface area contributed by atoms with Crippen LogP contribution in [-0.2, 0) is 6.54 Å². The maximum absolute atomic E-state index is 12.2. The molecule has 1 amide bonds. The highest BCUT2D eigenvalue weighted by molar-refractivity contribution is 6.04. The topological polar surface area (TPSA) is 54.3 Å². The van der Waals surface area contributed by atoms with Gasteiger partial charge in [0.2, 0.25) is 0 Å². The third kappa shape index (κ3) is 2.96. The monoisotopic (exact) mass is 258 g/mol. The lowest BCUT2D eigenvalue weighted by Gasteiger charge is -2.10. The lowest BCUT2D eigenvalue weighted by Crippen LogP contribution is -2.16. The lowest BCUT2D eigenvalue weighted by atomic mass is 10.2. The van der Waals surface area contributed by atoms with Crippen molar-refractivity contribution in [3.8, 4) is 5.75 Å². The first-order valence-electron chi connectivity index (χ1n) is 6.38. The molecule has 0 aliphatic carbocycles. The van der Waals surface area contributed by atoms with Crippen LogP contribution in [0.5, 0.6) is 5.75 Å². The minimum atomic E-state index is -0.211. The fraction of sp³-hybridized carbons (Fsp3) is 0.267. The maximum atomic E-state index is 12.2. The molecule has 1 aromatic carbocycles. The molecular formula is C15H18N2O2. The molecule has 0 atom stereocenters. The summed E-state index contributed by atoms with van der Waals surface area (Å²) in [6.45, 7) is 4.75. The van der Waals surface area contributed by atoms with E-state index in [1.807, 2.05) is 29.8 Å². The smallest absolute Gasteiger partial charge is 0.272 e. The van der Waals surface area contributed by atoms with E-state index in [1.54, 1.807) is 18.2 Å². The Morgan fingerprint density at radius 2 is 2.16 bits per heavy atom. The summed E-state index contributed by atoms with van der Waals surface area (Å²) in [7, 11) is 0. The highest BCUT2D eigenvalue weighted by atomic mass is 16.3. The third-order valence-electron chi connectivity index (χ3n) is 2.93. The first-order valence-corrected chi connectivity index (χ1v) is 6.38. The largest absolute Gasteiger partial charge is 0.506 e. The maximum Gasteiger partial charge on any atom is 0.272 e. The zero-order chi connectivity index (χ0) is 13.8. The van der Waals surface area contributed by atoms with E-state index in [0.717, 1.165) is 18.5 Å². The molecule has 4 heteroatoms. The molecule has 4 nitrogen and oxygen atoms in total. The number of aromatic nitrogens is 1. The third-order valence-corrected chi connectivity index (χ3v) is 2.93. The molecule has 100 valence electrons. The first kappa shape index (κ1) is 13.2. The molecule has 1 heterocycles. The van der Waals surface area contributed by atoms with Gasteiger partial charge < -0.3 is 15.0 Å². The van der Waals surface area contributed by atoms with E-state index in [1.165, 1.54) is 0 Å². The van der Waals surface area contributed by atoms with Gasteiger partial charge in [0.25, 0.3) is 5.91 Å². The van der Waals surface area contributed by atoms with Gasteiger partial charge >= 0.3 is 0 Å². The summed E-state index contributed by atoms with van der Waals surface area (Å²) in [6.07, 6.45) is 2.85. The van der Waals surface area contributed by atoms with E-state index in [9.17, 15) is 9.90 Å². The van der Waals surface area contributed by atoms with Crippen LogP contribution in [0.1, 0.15) is 29.4 Å². The molecule has 2 rings (SSSR count). The zero-order valence-electron chi connectivity index (χ0n) is 11.2. The Labute approximate surface area is 112 Å². The van der Waals surface area contributed by atoms with E-state index in [-0.39, 0.29) is 11.7 Å². The predicted molar refractivity (Wildman–Crippen MR) is 75.5 cm³/mol. The molecule has 2 N–H and O–H groups in total. The van der Waals surface area contributed by atoms with Crippen LogP contribution in [-0.4, -0.2) is 15.6 Å². The van der Waals surface area contributed by atoms with Crippen molar-refractivity contribution in [1.29, 1.82) is 0 Å². The molecule has 19 heavy (non-hydrogen) atoms. The molecular weight excluding hydrogens is 240 g/mol. The number of carbonyl (C=O) groups is 1. The Morgan fingerprint density at radius 1 is 1.37 bits per heavy atom. The Hall–Kier alpha value is -2.23. The average molecular weight is 258 g/mol. The van der Waals surface area contributed by atoms with E-state index in [0.29, 0.717) is 11.4 Å². The number of hydrogen-bond acceptors (Lipinski definition) is 2. The number of phenols is 1. The summed E-state index contributed by atoms with van der Waals surface area (Å²) >= 11 is 0. The quantitative estimate of drug-likeness (QED) is 0.828. The van der Waals surface area contributed by atoms with Crippen LogP contribution >= 0.6 is 0 Å². The van der Waals surface area contributed by atoms with Gasteiger partial charge in [-0.25, -0.2) is 0 Å². The van der Waals surface area contributed by atoms with Gasteiger partial charge in [-0.2, -0.15) is 0 Å². The number of carbonyl (C=O) groups excluding carboxylic acids is 1. The normalized spacial score (nSPS) is 10.4. The number of anilines is 1. The standard InChI is InChI=1S/C15H18N2O2/c1-3-8-17-9-4-5-13(17)15(19)16-12-7-6-11(2)10-14(12)18/h4-7,9-10,18H,3,8H2,1-2H3,(H,16,19). The highest BCUT2D eigenvalue weighted by Crippen LogP contribution is 2.24. The van der Waals surface area contributed by atoms with Gasteiger partial charge in [0.05, 0.1) is 5.69 Å². The van der Waals surface area contributed by atoms with Gasteiger partial charge in [0, 0.05) is 12.7 Å². The Bertz CT molecular complexity index is 588. The number of nitrogens with zero attached hydrogens (tertiary/aromatic N) is 1. The Morgan fingerprint density at radius 3 is 2.84 bits per heavy atom. The molecule has 0 unspecified atom stereocenters. The molecule has 0 fully saturated rings. The number of benzene rings is 1. The number of rotatable bonds is 4. The lowest BCUT2D eigenvalue weighted by molar-refractivity contribution is 0.101. The van der Waals surface area contributed by atoms with Crippen LogP contribution < -0.4 is 5.32 Å². The predicted octanol–water partition coefficient (Wildman–Crippen LogP) is 3.16. The summed E-state index contributed by atoms with van der Waals surface area (Å²) in [5.74, 6) is -0.125. The second-order valence-electron chi connectivity index (χ2n) is 4.56. The van der Waals surface area contributed by atoms with Crippen LogP contribution in [0.25, 0.3) is 0 Å². The van der Waals surface area contributed by atoms with E-state index in [4.69, 9.17) is 0 Å². The molecule has 0 aliphatic rings. The minimum absolute atomic E-state index is 0.0851. The fourth-order valence-electron chi connectivity index (χ4n) is 1.99. The minimum Gasteiger partial charge on any atom is -0.506 e. The average Bonchev–Trinajstić information content (AvgIpc) is 2.81. The summed E-state index contributed by atoms with van der Waals surface area (Å²) in [6, 6.07) is 8.80. The van der Waals surface area contributed by atoms with Crippen molar-refractivity contribution in [2.45, 2.75) is 26.8 Å². The van der Waals surface area contributed by atoms with E-state index in [2.05, 4.69) is 12.2 Å². The second-order valence-corrected chi connectivity index (χ2v) is 4.56. The molecule has 0 radical (unpaired) electrons. The molecule has 0 saturated carbocycles. The number of phenolic OH excluding ortho intramolecular Hbond substituents is 1. The molecule has 0 saturated heterocycles. The number of amides is 1. The van der Waals surface area contributed by atoms with Crippen LogP contribution in [0.3, 0.4) is 0 Å². The fourth-order valence-corrected chi connectivity index (χ4v) is 1.99. The van der Waals surface area contributed by atoms with Crippen molar-refractivity contribution in [2.24, 2.45) is 0 Å². The van der Waals surface area contributed by atoms with Crippen LogP contribution in [0.15, 0.2) is 36.5 Å². The van der Waals surface area contributed by atoms with Crippen LogP contribution in [0, 0.1) is 6.92 Å². The van der Waals surface area contributed by atoms with E-state index >= 15 is 0 Å². The van der Waals surface area contributed by atoms with Gasteiger partial charge in [-0.3, -0.25) is 4.79 Å². The highest BCUT2D eigenvalue weighted by Gasteiger charge is 2.12. The summed E-state index contributed by atoms with van der Waals surface area (Å²) < 4.78 is 1.90. The summed E-state index contributed by atoms with van der Waals surface area (Å²) in [5, 5.41) is 12.5. The van der Waals surface area contributed by atoms with Crippen molar-refractivity contribution in [2.75, 3.05) is 5.32 Å². The van der Waals surface area contributed by atoms with Gasteiger partial charge in [0.15, 0.2) is 0 Å². The van der Waals surface area contributed by atoms with E-state index < -0.39 is 0 Å². The number of hydrogen-bond donors (Lipinski definition) is 2. The molecule has 0 aliphatic heterocycles. The first-order chi connectivity index (χ1) is 9.11. The van der Waals surface area contributed by atoms with Crippen LogP contribution in [0.2, 0.25) is 0 Å². The zero-order valence-corrected chi connectivity index (χ0v) is 11.2. The van der Waals surface area contributed by atoms with Crippen molar-refractivity contribution >= 4 is 11.6 Å². The van der Waals surface area contributed by atoms with Crippen molar-refractivity contribution in [3.63, 3.8) is 0 Å². The van der Waals surface area contributed by atoms with Gasteiger partial charge in [-0.15, -0.1) is 0 Å². The molecule has 2 aromatic rings. The molecule has 0 bridgehead atoms. The SMILES string of the molecule is CCCn1cccc1C(=O)Nc1ccc(C)cc1O. The van der Waals surface area contributed by atoms with Crippen molar-refractivity contribution in [3.05, 3.63) is 47.8 Å². The van der Waals surface area contributed by atoms with Crippen LogP contribution in [0.4, 0.5) is 5.69 Å². The number of nitrogens with one attached hydrogen (secondary N) is 1. The van der Waals surface area contributed by atoms with Gasteiger partial charge in [-0.1, -0.05) is 13.0 Å². The second kappa shape index (κ2) is 5.61. The Balaban J connectivity index is 2.18. The summed E-state index contributed by atoms with van der Waals surface area (Å²) in [4.78, 5) is 12.2. The van der Waals surface area contributed by atoms with Crippen molar-refractivity contribution in [1.82, 2.24) is 4.57 Å². The summed E-state index contributed by atoms with van der Waals surface area (Å²) in [5.41, 5.74) is 1.98. The van der Waals surface area contributed by atoms with Gasteiger partial charge in [0.1, 0.15) is 11.4 Å². The Kier molecular flexibility index (Phi) is 3.90. The molecule has 0 spiro atoms. The molecule has 1 aromatic heterocycles. The van der Waals surface area contributed by atoms with Gasteiger partial charge in [-0.05, 0) is 43.2 Å².